The van der Waals surface area contributed by atoms with Crippen molar-refractivity contribution < 1.29 is 29.0 Å². The van der Waals surface area contributed by atoms with E-state index in [0.717, 1.165) is 73.3 Å². The first-order chi connectivity index (χ1) is 27.1. The number of carbonyl (C=O) groups excluding carboxylic acids is 3. The van der Waals surface area contributed by atoms with E-state index in [1.165, 1.54) is 18.1 Å². The third-order valence-electron chi connectivity index (χ3n) is 11.6. The molecule has 2 aliphatic carbocycles. The first-order valence-electron chi connectivity index (χ1n) is 20.0. The van der Waals surface area contributed by atoms with Gasteiger partial charge in [-0.1, -0.05) is 80.6 Å². The number of likely N-dealkylation sites (N-methyl/N-ethyl adjacent to an activating group) is 1. The lowest BCUT2D eigenvalue weighted by Crippen LogP contribution is -2.55. The summed E-state index contributed by atoms with van der Waals surface area (Å²) in [5, 5.41) is 16.2. The monoisotopic (exact) mass is 759 g/mol. The quantitative estimate of drug-likeness (QED) is 0.134. The summed E-state index contributed by atoms with van der Waals surface area (Å²) in [5.74, 6) is -1.30. The molecule has 1 atom stereocenters. The zero-order valence-corrected chi connectivity index (χ0v) is 32.5. The molecule has 0 bridgehead atoms. The number of aromatic nitrogens is 1. The Bertz CT molecular complexity index is 2080. The van der Waals surface area contributed by atoms with E-state index in [4.69, 9.17) is 9.84 Å². The number of amides is 3. The number of carboxylic acid groups (broad SMARTS) is 1. The molecule has 0 spiro atoms. The first kappa shape index (κ1) is 39.0. The number of carbonyl (C=O) groups is 4. The fraction of sp³-hybridized carbons (Fsp3) is 0.422. The summed E-state index contributed by atoms with van der Waals surface area (Å²) >= 11 is 0. The number of aliphatic carboxylic acids is 1. The van der Waals surface area contributed by atoms with Gasteiger partial charge in [-0.2, -0.15) is 0 Å². The van der Waals surface area contributed by atoms with Crippen LogP contribution in [0.4, 0.5) is 5.69 Å². The van der Waals surface area contributed by atoms with Crippen LogP contribution in [-0.2, 0) is 25.7 Å². The van der Waals surface area contributed by atoms with Crippen molar-refractivity contribution in [3.63, 3.8) is 0 Å². The van der Waals surface area contributed by atoms with E-state index in [1.807, 2.05) is 55.4 Å². The van der Waals surface area contributed by atoms with E-state index < -0.39 is 11.5 Å². The lowest BCUT2D eigenvalue weighted by atomic mass is 9.81. The fourth-order valence-corrected chi connectivity index (χ4v) is 8.87. The normalized spacial score (nSPS) is 18.8. The minimum atomic E-state index is -1.09. The molecule has 3 fully saturated rings. The third kappa shape index (κ3) is 8.74. The molecule has 3 amide bonds. The van der Waals surface area contributed by atoms with E-state index in [1.54, 1.807) is 24.3 Å². The standard InChI is InChI=1S/C45H53N5O6/c1-48(2)28-36-29-49(25-26-56-36)39(51)30-50-38-27-34(18-21-37(38)41(32-11-5-3-6-12-32)42(50)33-13-7-4-8-14-33)43(54)47-45(23-9-10-24-45)44(55)46-35-19-15-31(16-20-35)17-22-40(52)53/h4,7-8,13-22,27,32,36H,3,5-6,9-12,23-26,28-30H2,1-2H3,(H,46,55)(H,47,54)(H,52,53)/b22-17+. The highest BCUT2D eigenvalue weighted by atomic mass is 16.5. The van der Waals surface area contributed by atoms with Crippen LogP contribution in [0.2, 0.25) is 0 Å². The molecule has 7 rings (SSSR count). The number of anilines is 1. The Balaban J connectivity index is 1.22. The summed E-state index contributed by atoms with van der Waals surface area (Å²) in [6.45, 7) is 2.40. The second-order valence-corrected chi connectivity index (χ2v) is 15.9. The first-order valence-corrected chi connectivity index (χ1v) is 20.0. The van der Waals surface area contributed by atoms with Gasteiger partial charge in [0.05, 0.1) is 23.9 Å². The molecule has 11 heteroatoms. The van der Waals surface area contributed by atoms with Crippen LogP contribution in [0.1, 0.15) is 85.2 Å². The zero-order valence-electron chi connectivity index (χ0n) is 32.5. The number of rotatable bonds is 12. The molecule has 2 heterocycles. The molecule has 1 aromatic heterocycles. The van der Waals surface area contributed by atoms with Crippen LogP contribution >= 0.6 is 0 Å². The van der Waals surface area contributed by atoms with E-state index in [0.29, 0.717) is 55.3 Å². The van der Waals surface area contributed by atoms with Crippen molar-refractivity contribution in [2.75, 3.05) is 45.7 Å². The molecule has 2 saturated carbocycles. The number of ether oxygens (including phenoxy) is 1. The number of carboxylic acids is 1. The number of morpholine rings is 1. The van der Waals surface area contributed by atoms with Crippen LogP contribution in [0.3, 0.4) is 0 Å². The Labute approximate surface area is 328 Å². The van der Waals surface area contributed by atoms with Crippen molar-refractivity contribution in [3.8, 4) is 11.3 Å². The van der Waals surface area contributed by atoms with Gasteiger partial charge in [0, 0.05) is 42.3 Å². The SMILES string of the molecule is CN(C)CC1CN(C(=O)Cn2c(-c3ccccc3)c(C3CCCCC3)c3ccc(C(=O)NC4(C(=O)Nc5ccc(/C=C/C(=O)O)cc5)CCCC4)cc32)CCO1. The van der Waals surface area contributed by atoms with Crippen LogP contribution in [-0.4, -0.2) is 95.1 Å². The smallest absolute Gasteiger partial charge is 0.328 e. The van der Waals surface area contributed by atoms with Crippen molar-refractivity contribution >= 4 is 46.4 Å². The topological polar surface area (TPSA) is 133 Å². The van der Waals surface area contributed by atoms with Gasteiger partial charge in [0.15, 0.2) is 0 Å². The molecular formula is C45H53N5O6. The summed E-state index contributed by atoms with van der Waals surface area (Å²) in [7, 11) is 4.02. The fourth-order valence-electron chi connectivity index (χ4n) is 8.87. The summed E-state index contributed by atoms with van der Waals surface area (Å²) in [5.41, 5.74) is 4.76. The number of nitrogens with zero attached hydrogens (tertiary/aromatic N) is 3. The van der Waals surface area contributed by atoms with Crippen molar-refractivity contribution in [3.05, 3.63) is 95.6 Å². The molecule has 3 N–H and O–H groups in total. The predicted molar refractivity (Wildman–Crippen MR) is 218 cm³/mol. The highest BCUT2D eigenvalue weighted by molar-refractivity contribution is 6.06. The lowest BCUT2D eigenvalue weighted by molar-refractivity contribution is -0.139. The molecule has 0 radical (unpaired) electrons. The highest BCUT2D eigenvalue weighted by Crippen LogP contribution is 2.44. The molecule has 3 aliphatic rings. The van der Waals surface area contributed by atoms with Gasteiger partial charge in [0.2, 0.25) is 11.8 Å². The van der Waals surface area contributed by atoms with Crippen LogP contribution in [0.5, 0.6) is 0 Å². The van der Waals surface area contributed by atoms with Crippen LogP contribution in [0.25, 0.3) is 28.2 Å². The summed E-state index contributed by atoms with van der Waals surface area (Å²) in [6.07, 6.45) is 10.8. The Morgan fingerprint density at radius 3 is 2.36 bits per heavy atom. The number of hydrogen-bond donors (Lipinski definition) is 3. The summed E-state index contributed by atoms with van der Waals surface area (Å²) in [4.78, 5) is 57.4. The number of benzene rings is 3. The highest BCUT2D eigenvalue weighted by Gasteiger charge is 2.43. The summed E-state index contributed by atoms with van der Waals surface area (Å²) < 4.78 is 8.14. The Morgan fingerprint density at radius 1 is 0.929 bits per heavy atom. The molecule has 1 aliphatic heterocycles. The van der Waals surface area contributed by atoms with Gasteiger partial charge < -0.3 is 34.8 Å². The van der Waals surface area contributed by atoms with E-state index >= 15 is 0 Å². The second kappa shape index (κ2) is 17.3. The van der Waals surface area contributed by atoms with Crippen molar-refractivity contribution in [1.82, 2.24) is 19.7 Å². The molecule has 3 aromatic carbocycles. The maximum absolute atomic E-state index is 14.3. The second-order valence-electron chi connectivity index (χ2n) is 15.9. The Hall–Kier alpha value is -5.26. The molecule has 11 nitrogen and oxygen atoms in total. The molecule has 56 heavy (non-hydrogen) atoms. The summed E-state index contributed by atoms with van der Waals surface area (Å²) in [6, 6.07) is 23.0. The van der Waals surface area contributed by atoms with Gasteiger partial charge in [-0.05, 0) is 92.7 Å². The van der Waals surface area contributed by atoms with Crippen LogP contribution < -0.4 is 10.6 Å². The average Bonchev–Trinajstić information content (AvgIpc) is 3.81. The maximum atomic E-state index is 14.3. The average molecular weight is 760 g/mol. The van der Waals surface area contributed by atoms with Crippen molar-refractivity contribution in [1.29, 1.82) is 0 Å². The molecule has 294 valence electrons. The van der Waals surface area contributed by atoms with Crippen molar-refractivity contribution in [2.24, 2.45) is 0 Å². The predicted octanol–water partition coefficient (Wildman–Crippen LogP) is 6.92. The molecule has 1 saturated heterocycles. The third-order valence-corrected chi connectivity index (χ3v) is 11.6. The van der Waals surface area contributed by atoms with Crippen LogP contribution in [0.15, 0.2) is 78.9 Å². The lowest BCUT2D eigenvalue weighted by Gasteiger charge is -2.34. The number of hydrogen-bond acceptors (Lipinski definition) is 6. The number of fused-ring (bicyclic) bond motifs is 1. The van der Waals surface area contributed by atoms with Gasteiger partial charge in [-0.3, -0.25) is 14.4 Å². The van der Waals surface area contributed by atoms with Gasteiger partial charge in [-0.25, -0.2) is 4.79 Å². The van der Waals surface area contributed by atoms with Crippen LogP contribution in [0, 0.1) is 0 Å². The van der Waals surface area contributed by atoms with Gasteiger partial charge in [-0.15, -0.1) is 0 Å². The Morgan fingerprint density at radius 2 is 1.66 bits per heavy atom. The van der Waals surface area contributed by atoms with Gasteiger partial charge in [0.1, 0.15) is 12.1 Å². The van der Waals surface area contributed by atoms with E-state index in [-0.39, 0.29) is 30.4 Å². The maximum Gasteiger partial charge on any atom is 0.328 e. The molecule has 1 unspecified atom stereocenters. The van der Waals surface area contributed by atoms with Gasteiger partial charge >= 0.3 is 5.97 Å². The zero-order chi connectivity index (χ0) is 39.2. The Kier molecular flexibility index (Phi) is 12.0. The van der Waals surface area contributed by atoms with E-state index in [2.05, 4.69) is 32.2 Å². The minimum absolute atomic E-state index is 0.0173. The van der Waals surface area contributed by atoms with Gasteiger partial charge in [0.25, 0.3) is 5.91 Å². The minimum Gasteiger partial charge on any atom is -0.478 e. The molecular weight excluding hydrogens is 707 g/mol. The van der Waals surface area contributed by atoms with E-state index in [9.17, 15) is 19.2 Å². The number of nitrogens with one attached hydrogen (secondary N) is 2. The van der Waals surface area contributed by atoms with Crippen molar-refractivity contribution in [2.45, 2.75) is 81.9 Å². The molecule has 4 aromatic rings. The largest absolute Gasteiger partial charge is 0.478 e.